The number of fused-ring (bicyclic) bond motifs is 1. The Morgan fingerprint density at radius 2 is 2.43 bits per heavy atom. The van der Waals surface area contributed by atoms with E-state index in [4.69, 9.17) is 5.11 Å². The van der Waals surface area contributed by atoms with Crippen LogP contribution < -0.4 is 0 Å². The van der Waals surface area contributed by atoms with E-state index < -0.39 is 12.0 Å². The molecule has 2 heterocycles. The number of halogens is 1. The van der Waals surface area contributed by atoms with Gasteiger partial charge in [0.2, 0.25) is 0 Å². The van der Waals surface area contributed by atoms with Crippen molar-refractivity contribution in [3.8, 4) is 0 Å². The molecule has 0 bridgehead atoms. The molecule has 0 saturated heterocycles. The third-order valence-electron chi connectivity index (χ3n) is 2.63. The summed E-state index contributed by atoms with van der Waals surface area (Å²) in [6.45, 7) is 1.84. The maximum absolute atomic E-state index is 11.0. The average molecular weight is 259 g/mol. The highest BCUT2D eigenvalue weighted by Crippen LogP contribution is 2.31. The molecule has 0 fully saturated rings. The molecular formula is C9H11BrN2O2. The molecule has 1 aromatic heterocycles. The molecule has 0 aromatic carbocycles. The van der Waals surface area contributed by atoms with Crippen molar-refractivity contribution in [2.75, 3.05) is 0 Å². The van der Waals surface area contributed by atoms with Gasteiger partial charge in [-0.25, -0.2) is 9.78 Å². The normalized spacial score (nSPS) is 20.6. The number of carbonyl (C=O) groups is 1. The highest BCUT2D eigenvalue weighted by atomic mass is 79.9. The van der Waals surface area contributed by atoms with Crippen molar-refractivity contribution in [3.05, 3.63) is 16.1 Å². The molecule has 1 aliphatic heterocycles. The SMILES string of the molecule is Cc1nc(Br)c2n1C(C(=O)O)CCC2. The molecule has 5 heteroatoms. The van der Waals surface area contributed by atoms with Gasteiger partial charge in [0, 0.05) is 0 Å². The van der Waals surface area contributed by atoms with Crippen molar-refractivity contribution in [2.45, 2.75) is 32.2 Å². The zero-order valence-corrected chi connectivity index (χ0v) is 9.41. The summed E-state index contributed by atoms with van der Waals surface area (Å²) in [5, 5.41) is 9.05. The van der Waals surface area contributed by atoms with Gasteiger partial charge in [0.05, 0.1) is 5.69 Å². The summed E-state index contributed by atoms with van der Waals surface area (Å²) in [5.41, 5.74) is 1.01. The van der Waals surface area contributed by atoms with Gasteiger partial charge in [-0.05, 0) is 42.1 Å². The number of rotatable bonds is 1. The van der Waals surface area contributed by atoms with Crippen molar-refractivity contribution >= 4 is 21.9 Å². The summed E-state index contributed by atoms with van der Waals surface area (Å²) >= 11 is 3.35. The van der Waals surface area contributed by atoms with Gasteiger partial charge in [0.15, 0.2) is 0 Å². The van der Waals surface area contributed by atoms with Gasteiger partial charge in [-0.1, -0.05) is 0 Å². The number of aryl methyl sites for hydroxylation is 1. The molecule has 1 unspecified atom stereocenters. The van der Waals surface area contributed by atoms with Crippen molar-refractivity contribution in [1.82, 2.24) is 9.55 Å². The molecular weight excluding hydrogens is 248 g/mol. The zero-order chi connectivity index (χ0) is 10.3. The molecule has 0 aliphatic carbocycles. The second-order valence-electron chi connectivity index (χ2n) is 3.51. The van der Waals surface area contributed by atoms with Gasteiger partial charge in [0.25, 0.3) is 0 Å². The van der Waals surface area contributed by atoms with Crippen LogP contribution in [0.3, 0.4) is 0 Å². The number of nitrogens with zero attached hydrogens (tertiary/aromatic N) is 2. The molecule has 0 spiro atoms. The lowest BCUT2D eigenvalue weighted by atomic mass is 10.0. The van der Waals surface area contributed by atoms with E-state index >= 15 is 0 Å². The van der Waals surface area contributed by atoms with Gasteiger partial charge < -0.3 is 9.67 Å². The smallest absolute Gasteiger partial charge is 0.326 e. The molecule has 4 nitrogen and oxygen atoms in total. The first-order chi connectivity index (χ1) is 6.61. The van der Waals surface area contributed by atoms with Gasteiger partial charge in [0.1, 0.15) is 16.5 Å². The van der Waals surface area contributed by atoms with Crippen molar-refractivity contribution in [2.24, 2.45) is 0 Å². The van der Waals surface area contributed by atoms with E-state index in [-0.39, 0.29) is 0 Å². The second-order valence-corrected chi connectivity index (χ2v) is 4.26. The quantitative estimate of drug-likeness (QED) is 0.838. The minimum absolute atomic E-state index is 0.433. The number of carboxylic acid groups (broad SMARTS) is 1. The zero-order valence-electron chi connectivity index (χ0n) is 7.83. The highest BCUT2D eigenvalue weighted by Gasteiger charge is 2.29. The van der Waals surface area contributed by atoms with E-state index in [1.165, 1.54) is 0 Å². The van der Waals surface area contributed by atoms with Gasteiger partial charge in [-0.3, -0.25) is 0 Å². The largest absolute Gasteiger partial charge is 0.480 e. The highest BCUT2D eigenvalue weighted by molar-refractivity contribution is 9.10. The number of imidazole rings is 1. The first-order valence-electron chi connectivity index (χ1n) is 4.57. The average Bonchev–Trinajstić information content (AvgIpc) is 2.43. The van der Waals surface area contributed by atoms with Crippen LogP contribution in [0.1, 0.15) is 30.4 Å². The minimum Gasteiger partial charge on any atom is -0.480 e. The molecule has 14 heavy (non-hydrogen) atoms. The molecule has 0 radical (unpaired) electrons. The summed E-state index contributed by atoms with van der Waals surface area (Å²) in [6, 6.07) is -0.433. The molecule has 0 amide bonds. The Hall–Kier alpha value is -0.840. The van der Waals surface area contributed by atoms with E-state index in [9.17, 15) is 4.79 Å². The van der Waals surface area contributed by atoms with Gasteiger partial charge in [-0.2, -0.15) is 0 Å². The Bertz CT molecular complexity index is 386. The Kier molecular flexibility index (Phi) is 2.34. The van der Waals surface area contributed by atoms with E-state index in [2.05, 4.69) is 20.9 Å². The third-order valence-corrected chi connectivity index (χ3v) is 3.26. The fraction of sp³-hybridized carbons (Fsp3) is 0.556. The Labute approximate surface area is 90.1 Å². The summed E-state index contributed by atoms with van der Waals surface area (Å²) in [6.07, 6.45) is 2.53. The van der Waals surface area contributed by atoms with Crippen LogP contribution in [0.4, 0.5) is 0 Å². The Morgan fingerprint density at radius 1 is 1.71 bits per heavy atom. The topological polar surface area (TPSA) is 55.1 Å². The predicted octanol–water partition coefficient (Wildman–Crippen LogP) is 1.92. The van der Waals surface area contributed by atoms with Crippen molar-refractivity contribution < 1.29 is 9.90 Å². The lowest BCUT2D eigenvalue weighted by molar-refractivity contribution is -0.141. The van der Waals surface area contributed by atoms with Crippen LogP contribution in [-0.4, -0.2) is 20.6 Å². The third kappa shape index (κ3) is 1.35. The Morgan fingerprint density at radius 3 is 3.07 bits per heavy atom. The van der Waals surface area contributed by atoms with Crippen LogP contribution in [0, 0.1) is 6.92 Å². The molecule has 0 saturated carbocycles. The van der Waals surface area contributed by atoms with Crippen molar-refractivity contribution in [3.63, 3.8) is 0 Å². The molecule has 2 rings (SSSR count). The summed E-state index contributed by atoms with van der Waals surface area (Å²) in [7, 11) is 0. The van der Waals surface area contributed by atoms with E-state index in [1.54, 1.807) is 0 Å². The summed E-state index contributed by atoms with van der Waals surface area (Å²) in [5.74, 6) is 0.0120. The fourth-order valence-electron chi connectivity index (χ4n) is 2.02. The first-order valence-corrected chi connectivity index (χ1v) is 5.36. The lowest BCUT2D eigenvalue weighted by Gasteiger charge is -2.23. The standard InChI is InChI=1S/C9H11BrN2O2/c1-5-11-8(10)6-3-2-4-7(9(13)14)12(5)6/h7H,2-4H2,1H3,(H,13,14). The number of hydrogen-bond donors (Lipinski definition) is 1. The predicted molar refractivity (Wildman–Crippen MR) is 54.3 cm³/mol. The van der Waals surface area contributed by atoms with Crippen molar-refractivity contribution in [1.29, 1.82) is 0 Å². The minimum atomic E-state index is -0.765. The maximum Gasteiger partial charge on any atom is 0.326 e. The van der Waals surface area contributed by atoms with E-state index in [0.29, 0.717) is 6.42 Å². The van der Waals surface area contributed by atoms with E-state index in [0.717, 1.165) is 29.0 Å². The first kappa shape index (κ1) is 9.71. The van der Waals surface area contributed by atoms with Crippen LogP contribution in [0.5, 0.6) is 0 Å². The molecule has 76 valence electrons. The summed E-state index contributed by atoms with van der Waals surface area (Å²) in [4.78, 5) is 15.3. The van der Waals surface area contributed by atoms with Crippen LogP contribution in [0.25, 0.3) is 0 Å². The maximum atomic E-state index is 11.0. The number of aromatic nitrogens is 2. The monoisotopic (exact) mass is 258 g/mol. The second kappa shape index (κ2) is 3.38. The number of carboxylic acids is 1. The van der Waals surface area contributed by atoms with Crippen LogP contribution >= 0.6 is 15.9 Å². The lowest BCUT2D eigenvalue weighted by Crippen LogP contribution is -2.25. The molecule has 1 aromatic rings. The Balaban J connectivity index is 2.53. The number of aliphatic carboxylic acids is 1. The summed E-state index contributed by atoms with van der Waals surface area (Å²) < 4.78 is 2.62. The van der Waals surface area contributed by atoms with Crippen LogP contribution in [0.15, 0.2) is 4.60 Å². The van der Waals surface area contributed by atoms with Gasteiger partial charge >= 0.3 is 5.97 Å². The van der Waals surface area contributed by atoms with Gasteiger partial charge in [-0.15, -0.1) is 0 Å². The fourth-order valence-corrected chi connectivity index (χ4v) is 2.66. The number of hydrogen-bond acceptors (Lipinski definition) is 2. The van der Waals surface area contributed by atoms with Crippen LogP contribution in [-0.2, 0) is 11.2 Å². The molecule has 1 atom stereocenters. The molecule has 1 aliphatic rings. The van der Waals surface area contributed by atoms with E-state index in [1.807, 2.05) is 11.5 Å². The molecule has 1 N–H and O–H groups in total. The van der Waals surface area contributed by atoms with Crippen LogP contribution in [0.2, 0.25) is 0 Å².